The van der Waals surface area contributed by atoms with Crippen molar-refractivity contribution in [2.75, 3.05) is 16.8 Å². The molecule has 0 aliphatic heterocycles. The molecule has 2 aromatic rings. The van der Waals surface area contributed by atoms with Gasteiger partial charge in [-0.15, -0.1) is 5.10 Å². The summed E-state index contributed by atoms with van der Waals surface area (Å²) < 4.78 is 0. The van der Waals surface area contributed by atoms with E-state index in [-0.39, 0.29) is 28.4 Å². The lowest BCUT2D eigenvalue weighted by molar-refractivity contribution is -0.113. The fraction of sp³-hybridized carbons (Fsp3) is 0.200. The molecular formula is C10H10Cl2N6OS. The van der Waals surface area contributed by atoms with E-state index in [4.69, 9.17) is 28.9 Å². The number of carbonyl (C=O) groups excluding carboxylic acids is 1. The van der Waals surface area contributed by atoms with Gasteiger partial charge in [-0.25, -0.2) is 10.1 Å². The van der Waals surface area contributed by atoms with Gasteiger partial charge in [-0.2, -0.15) is 4.98 Å². The summed E-state index contributed by atoms with van der Waals surface area (Å²) in [6.45, 7) is 1.72. The Morgan fingerprint density at radius 3 is 2.85 bits per heavy atom. The number of aryl methyl sites for hydroxylation is 1. The lowest BCUT2D eigenvalue weighted by atomic mass is 10.3. The van der Waals surface area contributed by atoms with Gasteiger partial charge in [-0.05, 0) is 13.0 Å². The standard InChI is InChI=1S/C10H10Cl2N6OS/c1-4-5(11)2-6(12)8(14-4)15-7(19)3-20-10-16-9(13)17-18-10/h2H,3H2,1H3,(H,14,15,19)(H3,13,16,17,18). The summed E-state index contributed by atoms with van der Waals surface area (Å²) >= 11 is 13.0. The quantitative estimate of drug-likeness (QED) is 0.740. The first-order valence-electron chi connectivity index (χ1n) is 5.39. The van der Waals surface area contributed by atoms with Gasteiger partial charge in [0.05, 0.1) is 21.5 Å². The van der Waals surface area contributed by atoms with E-state index >= 15 is 0 Å². The number of carbonyl (C=O) groups is 1. The smallest absolute Gasteiger partial charge is 0.236 e. The summed E-state index contributed by atoms with van der Waals surface area (Å²) in [5.74, 6) is 0.297. The SMILES string of the molecule is Cc1nc(NC(=O)CSc2n[nH]c(N)n2)c(Cl)cc1Cl. The number of nitrogens with one attached hydrogen (secondary N) is 2. The largest absolute Gasteiger partial charge is 0.368 e. The molecular weight excluding hydrogens is 323 g/mol. The second-order valence-corrected chi connectivity index (χ2v) is 5.48. The van der Waals surface area contributed by atoms with Gasteiger partial charge in [0.2, 0.25) is 17.0 Å². The van der Waals surface area contributed by atoms with Crippen molar-refractivity contribution in [3.05, 3.63) is 21.8 Å². The monoisotopic (exact) mass is 332 g/mol. The molecule has 4 N–H and O–H groups in total. The van der Waals surface area contributed by atoms with E-state index in [0.29, 0.717) is 15.9 Å². The van der Waals surface area contributed by atoms with Crippen LogP contribution in [0, 0.1) is 6.92 Å². The van der Waals surface area contributed by atoms with Crippen LogP contribution in [0.2, 0.25) is 10.0 Å². The molecule has 0 aliphatic rings. The number of anilines is 2. The zero-order valence-corrected chi connectivity index (χ0v) is 12.6. The fourth-order valence-corrected chi connectivity index (χ4v) is 2.28. The minimum absolute atomic E-state index is 0.108. The van der Waals surface area contributed by atoms with Crippen LogP contribution in [0.25, 0.3) is 0 Å². The van der Waals surface area contributed by atoms with Crippen LogP contribution >= 0.6 is 35.0 Å². The highest BCUT2D eigenvalue weighted by Gasteiger charge is 2.11. The third-order valence-corrected chi connectivity index (χ3v) is 3.70. The van der Waals surface area contributed by atoms with E-state index in [2.05, 4.69) is 25.5 Å². The molecule has 0 radical (unpaired) electrons. The first-order chi connectivity index (χ1) is 9.45. The number of nitrogens with two attached hydrogens (primary N) is 1. The Labute approximate surface area is 128 Å². The Morgan fingerprint density at radius 1 is 1.45 bits per heavy atom. The van der Waals surface area contributed by atoms with E-state index in [1.165, 1.54) is 6.07 Å². The number of pyridine rings is 1. The molecule has 2 aromatic heterocycles. The minimum Gasteiger partial charge on any atom is -0.368 e. The van der Waals surface area contributed by atoms with Gasteiger partial charge in [0.25, 0.3) is 0 Å². The maximum absolute atomic E-state index is 11.8. The topological polar surface area (TPSA) is 110 Å². The van der Waals surface area contributed by atoms with Crippen LogP contribution in [0.3, 0.4) is 0 Å². The van der Waals surface area contributed by atoms with Gasteiger partial charge in [-0.3, -0.25) is 4.79 Å². The van der Waals surface area contributed by atoms with E-state index in [1.54, 1.807) is 6.92 Å². The van der Waals surface area contributed by atoms with Crippen LogP contribution in [0.15, 0.2) is 11.2 Å². The summed E-state index contributed by atoms with van der Waals surface area (Å²) in [5, 5.41) is 9.99. The van der Waals surface area contributed by atoms with Crippen molar-refractivity contribution < 1.29 is 4.79 Å². The first-order valence-corrected chi connectivity index (χ1v) is 7.13. The van der Waals surface area contributed by atoms with Crippen LogP contribution in [-0.4, -0.2) is 31.8 Å². The summed E-state index contributed by atoms with van der Waals surface area (Å²) in [6.07, 6.45) is 0. The van der Waals surface area contributed by atoms with Gasteiger partial charge in [0.1, 0.15) is 0 Å². The maximum Gasteiger partial charge on any atom is 0.236 e. The summed E-state index contributed by atoms with van der Waals surface area (Å²) in [5.41, 5.74) is 5.96. The van der Waals surface area contributed by atoms with Crippen LogP contribution in [0.1, 0.15) is 5.69 Å². The van der Waals surface area contributed by atoms with Crippen LogP contribution < -0.4 is 11.1 Å². The van der Waals surface area contributed by atoms with Crippen molar-refractivity contribution in [2.45, 2.75) is 12.1 Å². The highest BCUT2D eigenvalue weighted by molar-refractivity contribution is 7.99. The van der Waals surface area contributed by atoms with Crippen molar-refractivity contribution in [1.29, 1.82) is 0 Å². The molecule has 0 unspecified atom stereocenters. The van der Waals surface area contributed by atoms with Crippen molar-refractivity contribution >= 4 is 52.6 Å². The van der Waals surface area contributed by atoms with Gasteiger partial charge in [0, 0.05) is 0 Å². The van der Waals surface area contributed by atoms with Gasteiger partial charge < -0.3 is 11.1 Å². The fourth-order valence-electron chi connectivity index (χ4n) is 1.27. The molecule has 2 rings (SSSR count). The molecule has 20 heavy (non-hydrogen) atoms. The summed E-state index contributed by atoms with van der Waals surface area (Å²) in [6, 6.07) is 1.53. The Balaban J connectivity index is 1.96. The second-order valence-electron chi connectivity index (χ2n) is 3.73. The highest BCUT2D eigenvalue weighted by Crippen LogP contribution is 2.25. The van der Waals surface area contributed by atoms with Crippen molar-refractivity contribution in [3.63, 3.8) is 0 Å². The first kappa shape index (κ1) is 14.9. The molecule has 0 saturated carbocycles. The zero-order valence-electron chi connectivity index (χ0n) is 10.3. The molecule has 7 nitrogen and oxygen atoms in total. The van der Waals surface area contributed by atoms with Gasteiger partial charge in [-0.1, -0.05) is 35.0 Å². The maximum atomic E-state index is 11.8. The molecule has 0 aliphatic carbocycles. The van der Waals surface area contributed by atoms with E-state index in [0.717, 1.165) is 11.8 Å². The van der Waals surface area contributed by atoms with E-state index in [1.807, 2.05) is 0 Å². The average Bonchev–Trinajstić information content (AvgIpc) is 2.79. The Morgan fingerprint density at radius 2 is 2.20 bits per heavy atom. The predicted molar refractivity (Wildman–Crippen MR) is 79.1 cm³/mol. The Kier molecular flexibility index (Phi) is 4.69. The predicted octanol–water partition coefficient (Wildman–Crippen LogP) is 2.13. The van der Waals surface area contributed by atoms with Crippen molar-refractivity contribution in [1.82, 2.24) is 20.2 Å². The van der Waals surface area contributed by atoms with E-state index < -0.39 is 0 Å². The number of halogens is 2. The number of rotatable bonds is 4. The molecule has 0 bridgehead atoms. The van der Waals surface area contributed by atoms with Crippen LogP contribution in [-0.2, 0) is 4.79 Å². The number of amides is 1. The molecule has 0 fully saturated rings. The summed E-state index contributed by atoms with van der Waals surface area (Å²) in [7, 11) is 0. The number of thioether (sulfide) groups is 1. The number of hydrogen-bond donors (Lipinski definition) is 3. The molecule has 1 amide bonds. The average molecular weight is 333 g/mol. The number of aromatic amines is 1. The zero-order chi connectivity index (χ0) is 14.7. The Bertz CT molecular complexity index is 647. The number of hydrogen-bond acceptors (Lipinski definition) is 6. The molecule has 10 heteroatoms. The lowest BCUT2D eigenvalue weighted by Crippen LogP contribution is -2.15. The molecule has 0 spiro atoms. The lowest BCUT2D eigenvalue weighted by Gasteiger charge is -2.07. The number of H-pyrrole nitrogens is 1. The third-order valence-electron chi connectivity index (χ3n) is 2.18. The second kappa shape index (κ2) is 6.29. The molecule has 0 atom stereocenters. The third kappa shape index (κ3) is 3.75. The Hall–Kier alpha value is -1.51. The van der Waals surface area contributed by atoms with Crippen LogP contribution in [0.5, 0.6) is 0 Å². The van der Waals surface area contributed by atoms with Gasteiger partial charge >= 0.3 is 0 Å². The van der Waals surface area contributed by atoms with Gasteiger partial charge in [0.15, 0.2) is 5.82 Å². The molecule has 2 heterocycles. The normalized spacial score (nSPS) is 10.6. The molecule has 0 saturated heterocycles. The number of nitrogen functional groups attached to an aromatic ring is 1. The van der Waals surface area contributed by atoms with Crippen LogP contribution in [0.4, 0.5) is 11.8 Å². The minimum atomic E-state index is -0.283. The van der Waals surface area contributed by atoms with Crippen molar-refractivity contribution in [3.8, 4) is 0 Å². The molecule has 106 valence electrons. The summed E-state index contributed by atoms with van der Waals surface area (Å²) in [4.78, 5) is 19.8. The highest BCUT2D eigenvalue weighted by atomic mass is 35.5. The molecule has 0 aromatic carbocycles. The van der Waals surface area contributed by atoms with E-state index in [9.17, 15) is 4.79 Å². The number of nitrogens with zero attached hydrogens (tertiary/aromatic N) is 3. The number of aromatic nitrogens is 4. The van der Waals surface area contributed by atoms with Crippen molar-refractivity contribution in [2.24, 2.45) is 0 Å².